The van der Waals surface area contributed by atoms with Gasteiger partial charge >= 0.3 is 6.18 Å². The van der Waals surface area contributed by atoms with Gasteiger partial charge in [0.05, 0.1) is 21.6 Å². The van der Waals surface area contributed by atoms with Gasteiger partial charge in [-0.25, -0.2) is 22.8 Å². The molecule has 0 saturated heterocycles. The van der Waals surface area contributed by atoms with Crippen LogP contribution in [0.25, 0.3) is 32.7 Å². The van der Waals surface area contributed by atoms with Crippen LogP contribution >= 0.6 is 11.3 Å². The lowest BCUT2D eigenvalue weighted by Crippen LogP contribution is -2.12. The van der Waals surface area contributed by atoms with Crippen molar-refractivity contribution in [2.24, 2.45) is 7.05 Å². The van der Waals surface area contributed by atoms with Crippen molar-refractivity contribution in [1.29, 1.82) is 0 Å². The van der Waals surface area contributed by atoms with E-state index in [1.54, 1.807) is 6.07 Å². The summed E-state index contributed by atoms with van der Waals surface area (Å²) in [4.78, 5) is 8.78. The number of nitrogens with zero attached hydrogens (tertiary/aromatic N) is 5. The fraction of sp³-hybridized carbons (Fsp3) is 0.269. The summed E-state index contributed by atoms with van der Waals surface area (Å²) in [5, 5.41) is 4.06. The van der Waals surface area contributed by atoms with Crippen molar-refractivity contribution in [2.45, 2.75) is 42.1 Å². The van der Waals surface area contributed by atoms with Crippen LogP contribution in [-0.2, 0) is 23.2 Å². The summed E-state index contributed by atoms with van der Waals surface area (Å²) in [6, 6.07) is 7.82. The molecule has 3 N–H and O–H groups in total. The van der Waals surface area contributed by atoms with E-state index in [0.29, 0.717) is 22.2 Å². The molecule has 9 nitrogen and oxygen atoms in total. The van der Waals surface area contributed by atoms with E-state index in [0.717, 1.165) is 47.8 Å². The van der Waals surface area contributed by atoms with Gasteiger partial charge in [0.1, 0.15) is 27.8 Å². The van der Waals surface area contributed by atoms with Gasteiger partial charge in [0.2, 0.25) is 0 Å². The minimum atomic E-state index is -4.64. The highest BCUT2D eigenvalue weighted by molar-refractivity contribution is 7.94. The number of nitrogens with one attached hydrogen (secondary N) is 1. The molecule has 0 radical (unpaired) electrons. The first-order valence-electron chi connectivity index (χ1n) is 12.6. The number of aromatic nitrogens is 5. The van der Waals surface area contributed by atoms with E-state index in [9.17, 15) is 21.6 Å². The average Bonchev–Trinajstić information content (AvgIpc) is 3.70. The summed E-state index contributed by atoms with van der Waals surface area (Å²) < 4.78 is 85.7. The van der Waals surface area contributed by atoms with E-state index in [4.69, 9.17) is 5.73 Å². The van der Waals surface area contributed by atoms with Gasteiger partial charge in [0.15, 0.2) is 5.69 Å². The van der Waals surface area contributed by atoms with Gasteiger partial charge in [-0.1, -0.05) is 18.9 Å². The third kappa shape index (κ3) is 4.92. The number of nitrogens with two attached hydrogens (primary N) is 1. The molecule has 0 aliphatic heterocycles. The highest BCUT2D eigenvalue weighted by Gasteiger charge is 2.35. The largest absolute Gasteiger partial charge is 0.435 e. The second kappa shape index (κ2) is 9.83. The molecule has 214 valence electrons. The van der Waals surface area contributed by atoms with Crippen LogP contribution in [0.2, 0.25) is 0 Å². The molecule has 1 aromatic carbocycles. The first kappa shape index (κ1) is 27.2. The van der Waals surface area contributed by atoms with Gasteiger partial charge in [-0.2, -0.15) is 18.3 Å². The number of aryl methyl sites for hydroxylation is 1. The summed E-state index contributed by atoms with van der Waals surface area (Å²) in [5.41, 5.74) is 6.68. The van der Waals surface area contributed by atoms with Crippen molar-refractivity contribution in [2.75, 3.05) is 10.5 Å². The van der Waals surface area contributed by atoms with Crippen LogP contribution in [-0.4, -0.2) is 32.7 Å². The van der Waals surface area contributed by atoms with E-state index in [1.807, 2.05) is 6.20 Å². The summed E-state index contributed by atoms with van der Waals surface area (Å²) in [5.74, 6) is -0.558. The molecule has 5 aromatic rings. The number of benzene rings is 1. The molecule has 0 bridgehead atoms. The SMILES string of the molecule is Cn1nc(C(F)(F)F)cc1-c1ccc(S(=O)(=O)Nc2ccc(-c3cn(C4CCCC4)c4ncnc(N)c34)cc2F)s1. The maximum atomic E-state index is 15.3. The molecule has 1 saturated carbocycles. The lowest BCUT2D eigenvalue weighted by Gasteiger charge is -2.12. The van der Waals surface area contributed by atoms with Crippen molar-refractivity contribution in [3.8, 4) is 21.7 Å². The average molecular weight is 606 g/mol. The van der Waals surface area contributed by atoms with Crippen molar-refractivity contribution >= 4 is 43.9 Å². The van der Waals surface area contributed by atoms with Crippen LogP contribution < -0.4 is 10.5 Å². The Labute approximate surface area is 235 Å². The number of fused-ring (bicyclic) bond motifs is 1. The predicted molar refractivity (Wildman–Crippen MR) is 147 cm³/mol. The number of nitrogen functional groups attached to an aromatic ring is 1. The molecule has 41 heavy (non-hydrogen) atoms. The zero-order valence-corrected chi connectivity index (χ0v) is 23.1. The Morgan fingerprint density at radius 1 is 1.10 bits per heavy atom. The first-order valence-corrected chi connectivity index (χ1v) is 14.9. The van der Waals surface area contributed by atoms with Crippen LogP contribution in [0, 0.1) is 5.82 Å². The number of hydrogen-bond acceptors (Lipinski definition) is 7. The number of halogens is 4. The quantitative estimate of drug-likeness (QED) is 0.222. The fourth-order valence-electron chi connectivity index (χ4n) is 5.19. The van der Waals surface area contributed by atoms with E-state index < -0.39 is 27.7 Å². The topological polar surface area (TPSA) is 121 Å². The van der Waals surface area contributed by atoms with Gasteiger partial charge in [0, 0.05) is 24.8 Å². The van der Waals surface area contributed by atoms with Crippen molar-refractivity contribution in [3.05, 3.63) is 60.4 Å². The van der Waals surface area contributed by atoms with Crippen LogP contribution in [0.5, 0.6) is 0 Å². The van der Waals surface area contributed by atoms with Crippen molar-refractivity contribution in [3.63, 3.8) is 0 Å². The highest BCUT2D eigenvalue weighted by atomic mass is 32.2. The summed E-state index contributed by atoms with van der Waals surface area (Å²) in [6.07, 6.45) is 2.84. The Kier molecular flexibility index (Phi) is 6.53. The standard InChI is InChI=1S/C26H23F4N7O2S2/c1-36-19(11-21(34-36)26(28,29)30)20-8-9-22(40-20)41(38,39)35-18-7-6-14(10-17(18)27)16-12-37(15-4-2-3-5-15)25-23(16)24(31)32-13-33-25/h6-13,15,35H,2-5H2,1H3,(H2,31,32,33). The third-order valence-corrected chi connectivity index (χ3v) is 10.1. The molecule has 6 rings (SSSR count). The molecule has 15 heteroatoms. The third-order valence-electron chi connectivity index (χ3n) is 7.15. The smallest absolute Gasteiger partial charge is 0.383 e. The molecule has 1 aliphatic carbocycles. The molecular weight excluding hydrogens is 582 g/mol. The van der Waals surface area contributed by atoms with Gasteiger partial charge in [0.25, 0.3) is 10.0 Å². The molecule has 4 heterocycles. The Morgan fingerprint density at radius 3 is 2.54 bits per heavy atom. The molecular formula is C26H23F4N7O2S2. The molecule has 1 fully saturated rings. The summed E-state index contributed by atoms with van der Waals surface area (Å²) in [7, 11) is -2.92. The van der Waals surface area contributed by atoms with E-state index >= 15 is 4.39 Å². The number of alkyl halides is 3. The second-order valence-electron chi connectivity index (χ2n) is 9.80. The highest BCUT2D eigenvalue weighted by Crippen LogP contribution is 2.40. The van der Waals surface area contributed by atoms with Gasteiger partial charge in [-0.05, 0) is 48.7 Å². The number of thiophene rings is 1. The van der Waals surface area contributed by atoms with Crippen molar-refractivity contribution in [1.82, 2.24) is 24.3 Å². The Balaban J connectivity index is 1.29. The zero-order valence-electron chi connectivity index (χ0n) is 21.5. The monoisotopic (exact) mass is 605 g/mol. The molecule has 0 spiro atoms. The Bertz CT molecular complexity index is 1890. The number of hydrogen-bond donors (Lipinski definition) is 2. The van der Waals surface area contributed by atoms with Gasteiger partial charge < -0.3 is 10.3 Å². The lowest BCUT2D eigenvalue weighted by molar-refractivity contribution is -0.141. The number of anilines is 2. The van der Waals surface area contributed by atoms with Crippen LogP contribution in [0.15, 0.2) is 53.1 Å². The molecule has 0 amide bonds. The minimum absolute atomic E-state index is 0.0966. The molecule has 4 aromatic heterocycles. The second-order valence-corrected chi connectivity index (χ2v) is 12.8. The maximum absolute atomic E-state index is 15.3. The summed E-state index contributed by atoms with van der Waals surface area (Å²) in [6.45, 7) is 0. The molecule has 0 unspecified atom stereocenters. The fourth-order valence-corrected chi connectivity index (χ4v) is 7.61. The first-order chi connectivity index (χ1) is 19.4. The van der Waals surface area contributed by atoms with Crippen LogP contribution in [0.4, 0.5) is 29.1 Å². The lowest BCUT2D eigenvalue weighted by atomic mass is 10.1. The maximum Gasteiger partial charge on any atom is 0.435 e. The Morgan fingerprint density at radius 2 is 1.85 bits per heavy atom. The van der Waals surface area contributed by atoms with E-state index in [1.165, 1.54) is 37.6 Å². The Hall–Kier alpha value is -3.98. The number of rotatable bonds is 6. The van der Waals surface area contributed by atoms with E-state index in [-0.39, 0.29) is 32.3 Å². The van der Waals surface area contributed by atoms with E-state index in [2.05, 4.69) is 24.4 Å². The van der Waals surface area contributed by atoms with Gasteiger partial charge in [-0.15, -0.1) is 11.3 Å². The predicted octanol–water partition coefficient (Wildman–Crippen LogP) is 6.22. The van der Waals surface area contributed by atoms with Crippen LogP contribution in [0.1, 0.15) is 37.4 Å². The van der Waals surface area contributed by atoms with Crippen molar-refractivity contribution < 1.29 is 26.0 Å². The molecule has 1 aliphatic rings. The van der Waals surface area contributed by atoms with Crippen LogP contribution in [0.3, 0.4) is 0 Å². The minimum Gasteiger partial charge on any atom is -0.383 e. The molecule has 0 atom stereocenters. The van der Waals surface area contributed by atoms with Gasteiger partial charge in [-0.3, -0.25) is 9.40 Å². The summed E-state index contributed by atoms with van der Waals surface area (Å²) >= 11 is 0.742. The normalized spacial score (nSPS) is 14.8. The number of sulfonamides is 1. The zero-order chi connectivity index (χ0) is 29.1.